The van der Waals surface area contributed by atoms with Crippen molar-refractivity contribution in [1.82, 2.24) is 0 Å². The fraction of sp³-hybridized carbons (Fsp3) is 0.684. The first-order chi connectivity index (χ1) is 9.51. The second-order valence-corrected chi connectivity index (χ2v) is 8.59. The van der Waals surface area contributed by atoms with E-state index in [2.05, 4.69) is 61.0 Å². The monoisotopic (exact) mass is 334 g/mol. The summed E-state index contributed by atoms with van der Waals surface area (Å²) in [4.78, 5) is 0.566. The van der Waals surface area contributed by atoms with E-state index >= 15 is 0 Å². The van der Waals surface area contributed by atoms with Crippen molar-refractivity contribution < 1.29 is 0 Å². The Morgan fingerprint density at radius 2 is 1.85 bits per heavy atom. The van der Waals surface area contributed by atoms with Crippen LogP contribution in [0.5, 0.6) is 0 Å². The summed E-state index contributed by atoms with van der Waals surface area (Å²) < 4.78 is 0. The van der Waals surface area contributed by atoms with Crippen molar-refractivity contribution in [2.75, 3.05) is 0 Å². The van der Waals surface area contributed by atoms with E-state index in [-0.39, 0.29) is 0 Å². The standard InChI is InChI=1S/C19H27Br/c1-4-19(2,3)16-9-7-14(8-10-16)18(20)17-12-13-5-6-15(17)11-13/h7-10,13,15,17-18H,4-6,11-12H2,1-3H3. The molecule has 4 unspecified atom stereocenters. The van der Waals surface area contributed by atoms with Crippen molar-refractivity contribution in [3.8, 4) is 0 Å². The lowest BCUT2D eigenvalue weighted by atomic mass is 9.80. The van der Waals surface area contributed by atoms with E-state index in [1.807, 2.05) is 0 Å². The Morgan fingerprint density at radius 3 is 2.35 bits per heavy atom. The number of hydrogen-bond donors (Lipinski definition) is 0. The van der Waals surface area contributed by atoms with Crippen LogP contribution >= 0.6 is 15.9 Å². The maximum absolute atomic E-state index is 4.01. The van der Waals surface area contributed by atoms with Gasteiger partial charge in [0, 0.05) is 4.83 Å². The maximum atomic E-state index is 4.01. The molecule has 2 saturated carbocycles. The molecule has 2 aliphatic carbocycles. The zero-order valence-electron chi connectivity index (χ0n) is 13.0. The molecule has 2 fully saturated rings. The van der Waals surface area contributed by atoms with Crippen molar-refractivity contribution in [3.63, 3.8) is 0 Å². The van der Waals surface area contributed by atoms with E-state index in [0.717, 1.165) is 17.8 Å². The minimum absolute atomic E-state index is 0.298. The molecule has 0 heterocycles. The summed E-state index contributed by atoms with van der Waals surface area (Å²) in [5.41, 5.74) is 3.25. The number of benzene rings is 1. The molecule has 0 aliphatic heterocycles. The number of alkyl halides is 1. The molecule has 2 aliphatic rings. The van der Waals surface area contributed by atoms with Gasteiger partial charge >= 0.3 is 0 Å². The topological polar surface area (TPSA) is 0 Å². The van der Waals surface area contributed by atoms with Gasteiger partial charge < -0.3 is 0 Å². The first-order valence-corrected chi connectivity index (χ1v) is 9.17. The summed E-state index contributed by atoms with van der Waals surface area (Å²) in [5, 5.41) is 0. The van der Waals surface area contributed by atoms with Gasteiger partial charge in [0.1, 0.15) is 0 Å². The Hall–Kier alpha value is -0.300. The van der Waals surface area contributed by atoms with Crippen LogP contribution in [-0.2, 0) is 5.41 Å². The Bertz CT molecular complexity index is 459. The molecule has 0 nitrogen and oxygen atoms in total. The summed E-state index contributed by atoms with van der Waals surface area (Å²) in [6.45, 7) is 6.95. The largest absolute Gasteiger partial charge is 0.0836 e. The smallest absolute Gasteiger partial charge is 0.0426 e. The molecule has 0 saturated heterocycles. The Balaban J connectivity index is 1.74. The lowest BCUT2D eigenvalue weighted by Crippen LogP contribution is -2.17. The molecule has 110 valence electrons. The van der Waals surface area contributed by atoms with Crippen molar-refractivity contribution in [1.29, 1.82) is 0 Å². The third-order valence-electron chi connectivity index (χ3n) is 6.06. The summed E-state index contributed by atoms with van der Waals surface area (Å²) in [5.74, 6) is 2.89. The van der Waals surface area contributed by atoms with Gasteiger partial charge in [0.25, 0.3) is 0 Å². The average molecular weight is 335 g/mol. The van der Waals surface area contributed by atoms with Crippen LogP contribution in [0.3, 0.4) is 0 Å². The highest BCUT2D eigenvalue weighted by atomic mass is 79.9. The van der Waals surface area contributed by atoms with Gasteiger partial charge in [-0.2, -0.15) is 0 Å². The fourth-order valence-corrected chi connectivity index (χ4v) is 5.17. The van der Waals surface area contributed by atoms with Gasteiger partial charge in [0.2, 0.25) is 0 Å². The van der Waals surface area contributed by atoms with Gasteiger partial charge in [-0.05, 0) is 60.0 Å². The SMILES string of the molecule is CCC(C)(C)c1ccc(C(Br)C2CC3CCC2C3)cc1. The van der Waals surface area contributed by atoms with Crippen LogP contribution in [0, 0.1) is 17.8 Å². The van der Waals surface area contributed by atoms with Crippen LogP contribution in [0.15, 0.2) is 24.3 Å². The molecule has 0 aromatic heterocycles. The lowest BCUT2D eigenvalue weighted by Gasteiger charge is -2.28. The highest BCUT2D eigenvalue weighted by Gasteiger charge is 2.42. The predicted octanol–water partition coefficient (Wildman–Crippen LogP) is 6.25. The number of rotatable bonds is 4. The van der Waals surface area contributed by atoms with Gasteiger partial charge in [-0.1, -0.05) is 67.4 Å². The van der Waals surface area contributed by atoms with Crippen LogP contribution in [0.2, 0.25) is 0 Å². The maximum Gasteiger partial charge on any atom is 0.0426 e. The third-order valence-corrected chi connectivity index (χ3v) is 7.27. The molecule has 1 aromatic carbocycles. The van der Waals surface area contributed by atoms with Gasteiger partial charge in [0.05, 0.1) is 0 Å². The molecule has 1 heteroatoms. The first-order valence-electron chi connectivity index (χ1n) is 8.26. The molecular formula is C19H27Br. The van der Waals surface area contributed by atoms with E-state index in [1.54, 1.807) is 0 Å². The number of hydrogen-bond acceptors (Lipinski definition) is 0. The van der Waals surface area contributed by atoms with Crippen molar-refractivity contribution in [2.24, 2.45) is 17.8 Å². The molecule has 0 spiro atoms. The van der Waals surface area contributed by atoms with Gasteiger partial charge in [-0.15, -0.1) is 0 Å². The summed E-state index contributed by atoms with van der Waals surface area (Å²) in [6.07, 6.45) is 7.09. The predicted molar refractivity (Wildman–Crippen MR) is 90.4 cm³/mol. The van der Waals surface area contributed by atoms with Crippen molar-refractivity contribution >= 4 is 15.9 Å². The summed E-state index contributed by atoms with van der Waals surface area (Å²) >= 11 is 4.01. The summed E-state index contributed by atoms with van der Waals surface area (Å²) in [6, 6.07) is 9.41. The number of halogens is 1. The van der Waals surface area contributed by atoms with Crippen molar-refractivity contribution in [2.45, 2.75) is 63.1 Å². The van der Waals surface area contributed by atoms with Crippen LogP contribution in [-0.4, -0.2) is 0 Å². The Labute approximate surface area is 132 Å². The van der Waals surface area contributed by atoms with Gasteiger partial charge in [-0.25, -0.2) is 0 Å². The fourth-order valence-electron chi connectivity index (χ4n) is 4.22. The van der Waals surface area contributed by atoms with E-state index in [0.29, 0.717) is 10.2 Å². The second-order valence-electron chi connectivity index (χ2n) is 7.60. The zero-order valence-corrected chi connectivity index (χ0v) is 14.6. The van der Waals surface area contributed by atoms with Crippen LogP contribution in [0.4, 0.5) is 0 Å². The summed E-state index contributed by atoms with van der Waals surface area (Å²) in [7, 11) is 0. The Kier molecular flexibility index (Phi) is 4.01. The molecule has 0 radical (unpaired) electrons. The number of fused-ring (bicyclic) bond motifs is 2. The molecule has 2 bridgehead atoms. The normalized spacial score (nSPS) is 30.7. The van der Waals surface area contributed by atoms with Crippen molar-refractivity contribution in [3.05, 3.63) is 35.4 Å². The molecular weight excluding hydrogens is 308 g/mol. The van der Waals surface area contributed by atoms with E-state index in [9.17, 15) is 0 Å². The second kappa shape index (κ2) is 5.48. The molecule has 1 aromatic rings. The van der Waals surface area contributed by atoms with Crippen LogP contribution in [0.25, 0.3) is 0 Å². The third kappa shape index (κ3) is 2.58. The minimum Gasteiger partial charge on any atom is -0.0836 e. The Morgan fingerprint density at radius 1 is 1.15 bits per heavy atom. The van der Waals surface area contributed by atoms with Crippen LogP contribution in [0.1, 0.15) is 68.8 Å². The van der Waals surface area contributed by atoms with Crippen LogP contribution < -0.4 is 0 Å². The molecule has 4 atom stereocenters. The zero-order chi connectivity index (χ0) is 14.3. The highest BCUT2D eigenvalue weighted by molar-refractivity contribution is 9.09. The minimum atomic E-state index is 0.298. The van der Waals surface area contributed by atoms with E-state index < -0.39 is 0 Å². The average Bonchev–Trinajstić information content (AvgIpc) is 3.09. The van der Waals surface area contributed by atoms with Gasteiger partial charge in [0.15, 0.2) is 0 Å². The van der Waals surface area contributed by atoms with E-state index in [1.165, 1.54) is 43.2 Å². The van der Waals surface area contributed by atoms with E-state index in [4.69, 9.17) is 0 Å². The highest BCUT2D eigenvalue weighted by Crippen LogP contribution is 2.54. The molecule has 0 amide bonds. The van der Waals surface area contributed by atoms with Gasteiger partial charge in [-0.3, -0.25) is 0 Å². The first kappa shape index (κ1) is 14.6. The quantitative estimate of drug-likeness (QED) is 0.571. The molecule has 0 N–H and O–H groups in total. The lowest BCUT2D eigenvalue weighted by molar-refractivity contribution is 0.329. The molecule has 20 heavy (non-hydrogen) atoms. The molecule has 3 rings (SSSR count).